The number of pyridine rings is 1. The molecule has 0 aromatic carbocycles. The highest BCUT2D eigenvalue weighted by Crippen LogP contribution is 2.45. The van der Waals surface area contributed by atoms with Crippen LogP contribution in [0.5, 0.6) is 0 Å². The van der Waals surface area contributed by atoms with E-state index < -0.39 is 5.67 Å². The van der Waals surface area contributed by atoms with E-state index >= 15 is 0 Å². The summed E-state index contributed by atoms with van der Waals surface area (Å²) in [5.41, 5.74) is 4.30. The molecule has 0 spiro atoms. The molecule has 2 unspecified atom stereocenters. The van der Waals surface area contributed by atoms with Gasteiger partial charge in [-0.2, -0.15) is 0 Å². The quantitative estimate of drug-likeness (QED) is 0.328. The van der Waals surface area contributed by atoms with Crippen molar-refractivity contribution in [2.75, 3.05) is 6.54 Å². The zero-order chi connectivity index (χ0) is 22.6. The van der Waals surface area contributed by atoms with Gasteiger partial charge in [0, 0.05) is 18.5 Å². The average molecular weight is 425 g/mol. The van der Waals surface area contributed by atoms with Crippen LogP contribution in [0.25, 0.3) is 5.57 Å². The zero-order valence-electron chi connectivity index (χ0n) is 19.6. The maximum absolute atomic E-state index is 14.1. The number of carbonyl (C=O) groups is 1. The van der Waals surface area contributed by atoms with Gasteiger partial charge in [0.15, 0.2) is 0 Å². The molecule has 0 saturated heterocycles. The number of carbonyl (C=O) groups excluding carboxylic acids is 1. The van der Waals surface area contributed by atoms with Crippen molar-refractivity contribution in [2.24, 2.45) is 16.8 Å². The lowest BCUT2D eigenvalue weighted by Gasteiger charge is -2.39. The Hall–Kier alpha value is -2.10. The first-order valence-corrected chi connectivity index (χ1v) is 11.8. The lowest BCUT2D eigenvalue weighted by atomic mass is 9.69. The molecule has 1 aromatic rings. The van der Waals surface area contributed by atoms with Gasteiger partial charge in [-0.15, -0.1) is 0 Å². The van der Waals surface area contributed by atoms with Gasteiger partial charge in [-0.3, -0.25) is 14.8 Å². The number of Topliss-reactive ketones (excluding diaryl/α,β-unsaturated/α-hetero) is 1. The number of ketones is 1. The third-order valence-corrected chi connectivity index (χ3v) is 7.03. The predicted octanol–water partition coefficient (Wildman–Crippen LogP) is 6.68. The average Bonchev–Trinajstić information content (AvgIpc) is 2.89. The van der Waals surface area contributed by atoms with Crippen molar-refractivity contribution in [3.05, 3.63) is 47.8 Å². The number of alkyl halides is 1. The molecule has 0 bridgehead atoms. The lowest BCUT2D eigenvalue weighted by Crippen LogP contribution is -2.37. The van der Waals surface area contributed by atoms with E-state index in [0.29, 0.717) is 31.2 Å². The summed E-state index contributed by atoms with van der Waals surface area (Å²) in [6.45, 7) is 12.0. The van der Waals surface area contributed by atoms with E-state index in [1.165, 1.54) is 17.2 Å². The van der Waals surface area contributed by atoms with Gasteiger partial charge in [-0.25, -0.2) is 4.39 Å². The normalized spacial score (nSPS) is 26.9. The summed E-state index contributed by atoms with van der Waals surface area (Å²) in [6, 6.07) is 2.18. The largest absolute Gasteiger partial charge is 0.299 e. The van der Waals surface area contributed by atoms with Gasteiger partial charge in [0.1, 0.15) is 11.5 Å². The molecule has 0 aliphatic heterocycles. The number of hydrogen-bond acceptors (Lipinski definition) is 3. The topological polar surface area (TPSA) is 42.3 Å². The van der Waals surface area contributed by atoms with Crippen molar-refractivity contribution < 1.29 is 9.18 Å². The fraction of sp³-hybridized carbons (Fsp3) is 0.593. The van der Waals surface area contributed by atoms with Crippen molar-refractivity contribution >= 4 is 17.1 Å². The Bertz CT molecular complexity index is 879. The smallest absolute Gasteiger partial charge is 0.142 e. The minimum absolute atomic E-state index is 0.109. The zero-order valence-corrected chi connectivity index (χ0v) is 19.6. The molecule has 168 valence electrons. The fourth-order valence-electron chi connectivity index (χ4n) is 5.30. The van der Waals surface area contributed by atoms with Gasteiger partial charge in [-0.05, 0) is 94.3 Å². The molecule has 31 heavy (non-hydrogen) atoms. The molecular formula is C27H37FN2O. The molecule has 1 heterocycles. The van der Waals surface area contributed by atoms with Crippen LogP contribution in [0.2, 0.25) is 0 Å². The molecular weight excluding hydrogens is 387 g/mol. The summed E-state index contributed by atoms with van der Waals surface area (Å²) in [4.78, 5) is 21.7. The van der Waals surface area contributed by atoms with Crippen molar-refractivity contribution in [3.63, 3.8) is 0 Å². The van der Waals surface area contributed by atoms with E-state index in [0.717, 1.165) is 49.1 Å². The van der Waals surface area contributed by atoms with Gasteiger partial charge >= 0.3 is 0 Å². The van der Waals surface area contributed by atoms with Crippen LogP contribution in [0.3, 0.4) is 0 Å². The second-order valence-electron chi connectivity index (χ2n) is 9.37. The number of fused-ring (bicyclic) bond motifs is 1. The van der Waals surface area contributed by atoms with Gasteiger partial charge in [0.25, 0.3) is 0 Å². The molecule has 4 heteroatoms. The Balaban J connectivity index is 1.75. The van der Waals surface area contributed by atoms with Crippen LogP contribution in [0, 0.1) is 11.8 Å². The molecule has 1 saturated carbocycles. The summed E-state index contributed by atoms with van der Waals surface area (Å²) in [6.07, 6.45) is 12.2. The molecule has 3 nitrogen and oxygen atoms in total. The number of allylic oxidation sites excluding steroid dienone is 3. The molecule has 1 fully saturated rings. The van der Waals surface area contributed by atoms with Crippen molar-refractivity contribution in [3.8, 4) is 0 Å². The van der Waals surface area contributed by atoms with Gasteiger partial charge < -0.3 is 0 Å². The standard InChI is InChI=1S/C27H37FN2O/c1-6-22-13-20(9-10-21-15-27(28,7-2)16-21)11-12-23-14-24(17-30-26(22)23)25(19(5)31)18(4)29-8-3/h7,13-14,17,20-21,25H,2,6,8-12,15-16H2,1,3-5H3. The predicted molar refractivity (Wildman–Crippen MR) is 127 cm³/mol. The van der Waals surface area contributed by atoms with Gasteiger partial charge in [0.2, 0.25) is 0 Å². The number of aliphatic imine (C=N–C) groups is 1. The van der Waals surface area contributed by atoms with E-state index in [-0.39, 0.29) is 11.7 Å². The molecule has 2 aliphatic rings. The fourth-order valence-corrected chi connectivity index (χ4v) is 5.30. The Morgan fingerprint density at radius 1 is 1.35 bits per heavy atom. The number of nitrogens with zero attached hydrogens (tertiary/aromatic N) is 2. The van der Waals surface area contributed by atoms with Crippen LogP contribution in [0.4, 0.5) is 4.39 Å². The monoisotopic (exact) mass is 424 g/mol. The van der Waals surface area contributed by atoms with E-state index in [1.807, 2.05) is 20.0 Å². The molecule has 0 N–H and O–H groups in total. The van der Waals surface area contributed by atoms with Crippen LogP contribution in [-0.4, -0.2) is 28.7 Å². The van der Waals surface area contributed by atoms with Crippen LogP contribution >= 0.6 is 0 Å². The van der Waals surface area contributed by atoms with E-state index in [2.05, 4.69) is 30.6 Å². The highest BCUT2D eigenvalue weighted by atomic mass is 19.1. The summed E-state index contributed by atoms with van der Waals surface area (Å²) in [5, 5.41) is 0. The first-order valence-electron chi connectivity index (χ1n) is 11.8. The lowest BCUT2D eigenvalue weighted by molar-refractivity contribution is -0.117. The highest BCUT2D eigenvalue weighted by Gasteiger charge is 2.41. The first kappa shape index (κ1) is 23.6. The highest BCUT2D eigenvalue weighted by molar-refractivity contribution is 6.08. The van der Waals surface area contributed by atoms with Crippen LogP contribution in [0.1, 0.15) is 89.0 Å². The van der Waals surface area contributed by atoms with Gasteiger partial charge in [-0.1, -0.05) is 31.7 Å². The molecule has 0 amide bonds. The minimum Gasteiger partial charge on any atom is -0.299 e. The summed E-state index contributed by atoms with van der Waals surface area (Å²) in [7, 11) is 0. The van der Waals surface area contributed by atoms with E-state index in [4.69, 9.17) is 4.98 Å². The third kappa shape index (κ3) is 5.39. The summed E-state index contributed by atoms with van der Waals surface area (Å²) >= 11 is 0. The van der Waals surface area contributed by atoms with Crippen LogP contribution in [0.15, 0.2) is 36.0 Å². The number of hydrogen-bond donors (Lipinski definition) is 0. The van der Waals surface area contributed by atoms with Crippen LogP contribution < -0.4 is 0 Å². The maximum atomic E-state index is 14.1. The van der Waals surface area contributed by atoms with Crippen molar-refractivity contribution in [2.45, 2.75) is 84.2 Å². The summed E-state index contributed by atoms with van der Waals surface area (Å²) in [5.74, 6) is 0.778. The third-order valence-electron chi connectivity index (χ3n) is 7.03. The van der Waals surface area contributed by atoms with Crippen molar-refractivity contribution in [1.82, 2.24) is 4.98 Å². The van der Waals surface area contributed by atoms with Gasteiger partial charge in [0.05, 0.1) is 11.6 Å². The minimum atomic E-state index is -1.12. The Labute approximate surface area is 187 Å². The molecule has 2 aliphatic carbocycles. The summed E-state index contributed by atoms with van der Waals surface area (Å²) < 4.78 is 14.1. The van der Waals surface area contributed by atoms with E-state index in [1.54, 1.807) is 6.92 Å². The number of halogens is 1. The van der Waals surface area contributed by atoms with Crippen molar-refractivity contribution in [1.29, 1.82) is 0 Å². The SMILES string of the molecule is C=CC1(F)CC(CCC2C=C(CC)c3ncc(C(C(C)=O)C(C)=NCC)cc3CC2)C1. The van der Waals surface area contributed by atoms with E-state index in [9.17, 15) is 9.18 Å². The second-order valence-corrected chi connectivity index (χ2v) is 9.37. The molecule has 0 radical (unpaired) electrons. The second kappa shape index (κ2) is 10.0. The maximum Gasteiger partial charge on any atom is 0.142 e. The van der Waals surface area contributed by atoms with Crippen LogP contribution in [-0.2, 0) is 11.2 Å². The number of rotatable bonds is 9. The first-order chi connectivity index (χ1) is 14.8. The Morgan fingerprint density at radius 2 is 2.10 bits per heavy atom. The Kier molecular flexibility index (Phi) is 7.61. The number of aryl methyl sites for hydroxylation is 1. The molecule has 1 aromatic heterocycles. The molecule has 3 rings (SSSR count). The Morgan fingerprint density at radius 3 is 2.71 bits per heavy atom. The molecule has 2 atom stereocenters. The number of aromatic nitrogens is 1.